The minimum atomic E-state index is -0.763. The lowest BCUT2D eigenvalue weighted by molar-refractivity contribution is -0.130. The van der Waals surface area contributed by atoms with Gasteiger partial charge in [-0.05, 0) is 42.3 Å². The Kier molecular flexibility index (Phi) is 7.42. The number of benzene rings is 3. The molecule has 8 nitrogen and oxygen atoms in total. The van der Waals surface area contributed by atoms with Gasteiger partial charge in [0.1, 0.15) is 12.2 Å². The lowest BCUT2D eigenvalue weighted by atomic mass is 10.1. The molecule has 1 saturated heterocycles. The smallest absolute Gasteiger partial charge is 0.331 e. The summed E-state index contributed by atoms with van der Waals surface area (Å²) in [6.07, 6.45) is 1.42. The molecule has 4 amide bonds. The van der Waals surface area contributed by atoms with E-state index in [4.69, 9.17) is 9.47 Å². The molecule has 0 spiro atoms. The molecule has 0 radical (unpaired) electrons. The summed E-state index contributed by atoms with van der Waals surface area (Å²) >= 11 is 0. The number of carbonyl (C=O) groups is 3. The second-order valence-electron chi connectivity index (χ2n) is 7.89. The standard InChI is InChI=1S/C28H23N3O5/c1-2-35-25-15-20(12-13-24(25)36-18-22-11-7-6-10-21(22)16-29)14-23-26(32)30-28(34)31(27(23)33)17-19-8-4-3-5-9-19/h3-15H,2,17-18H2,1H3,(H,30,32,34). The zero-order chi connectivity index (χ0) is 25.5. The van der Waals surface area contributed by atoms with Gasteiger partial charge in [0.15, 0.2) is 11.5 Å². The fraction of sp³-hybridized carbons (Fsp3) is 0.143. The second kappa shape index (κ2) is 11.0. The number of rotatable bonds is 8. The molecule has 3 aromatic carbocycles. The number of hydrogen-bond acceptors (Lipinski definition) is 6. The summed E-state index contributed by atoms with van der Waals surface area (Å²) in [6, 6.07) is 22.6. The molecule has 0 bridgehead atoms. The number of amides is 4. The maximum Gasteiger partial charge on any atom is 0.331 e. The van der Waals surface area contributed by atoms with Crippen LogP contribution in [0.15, 0.2) is 78.4 Å². The van der Waals surface area contributed by atoms with E-state index in [2.05, 4.69) is 11.4 Å². The number of carbonyl (C=O) groups excluding carboxylic acids is 3. The molecule has 0 saturated carbocycles. The number of ether oxygens (including phenoxy) is 2. The Morgan fingerprint density at radius 1 is 0.944 bits per heavy atom. The number of nitrogens with one attached hydrogen (secondary N) is 1. The summed E-state index contributed by atoms with van der Waals surface area (Å²) in [5, 5.41) is 11.5. The van der Waals surface area contributed by atoms with E-state index >= 15 is 0 Å². The highest BCUT2D eigenvalue weighted by atomic mass is 16.5. The van der Waals surface area contributed by atoms with E-state index in [0.29, 0.717) is 29.2 Å². The molecule has 8 heteroatoms. The van der Waals surface area contributed by atoms with Gasteiger partial charge in [-0.25, -0.2) is 4.79 Å². The van der Waals surface area contributed by atoms with E-state index in [1.165, 1.54) is 6.08 Å². The average Bonchev–Trinajstić information content (AvgIpc) is 2.89. The molecule has 0 aromatic heterocycles. The summed E-state index contributed by atoms with van der Waals surface area (Å²) in [5.41, 5.74) is 2.38. The first kappa shape index (κ1) is 24.2. The van der Waals surface area contributed by atoms with Crippen molar-refractivity contribution in [2.75, 3.05) is 6.61 Å². The third kappa shape index (κ3) is 5.42. The first-order valence-electron chi connectivity index (χ1n) is 11.3. The molecular formula is C28H23N3O5. The lowest BCUT2D eigenvalue weighted by Crippen LogP contribution is -2.53. The molecule has 3 aromatic rings. The summed E-state index contributed by atoms with van der Waals surface area (Å²) in [7, 11) is 0. The molecule has 36 heavy (non-hydrogen) atoms. The first-order chi connectivity index (χ1) is 17.5. The van der Waals surface area contributed by atoms with Crippen LogP contribution in [0.2, 0.25) is 0 Å². The number of barbiturate groups is 1. The van der Waals surface area contributed by atoms with Crippen LogP contribution in [-0.2, 0) is 22.7 Å². The van der Waals surface area contributed by atoms with Crippen molar-refractivity contribution < 1.29 is 23.9 Å². The first-order valence-corrected chi connectivity index (χ1v) is 11.3. The Balaban J connectivity index is 1.58. The number of imide groups is 2. The number of nitrogens with zero attached hydrogens (tertiary/aromatic N) is 2. The van der Waals surface area contributed by atoms with Crippen molar-refractivity contribution in [2.24, 2.45) is 0 Å². The van der Waals surface area contributed by atoms with Crippen LogP contribution in [-0.4, -0.2) is 29.4 Å². The molecular weight excluding hydrogens is 458 g/mol. The van der Waals surface area contributed by atoms with Gasteiger partial charge in [0.05, 0.1) is 24.8 Å². The topological polar surface area (TPSA) is 109 Å². The van der Waals surface area contributed by atoms with Crippen LogP contribution >= 0.6 is 0 Å². The maximum absolute atomic E-state index is 13.0. The van der Waals surface area contributed by atoms with Gasteiger partial charge in [-0.2, -0.15) is 5.26 Å². The van der Waals surface area contributed by atoms with Gasteiger partial charge in [-0.1, -0.05) is 54.6 Å². The van der Waals surface area contributed by atoms with Gasteiger partial charge in [-0.15, -0.1) is 0 Å². The minimum absolute atomic E-state index is 0.0390. The van der Waals surface area contributed by atoms with E-state index < -0.39 is 17.8 Å². The number of nitriles is 1. The van der Waals surface area contributed by atoms with E-state index in [-0.39, 0.29) is 18.7 Å². The minimum Gasteiger partial charge on any atom is -0.490 e. The summed E-state index contributed by atoms with van der Waals surface area (Å²) in [4.78, 5) is 38.9. The summed E-state index contributed by atoms with van der Waals surface area (Å²) in [6.45, 7) is 2.40. The van der Waals surface area contributed by atoms with E-state index in [1.807, 2.05) is 25.1 Å². The van der Waals surface area contributed by atoms with E-state index in [1.54, 1.807) is 54.6 Å². The normalized spacial score (nSPS) is 14.4. The van der Waals surface area contributed by atoms with Crippen LogP contribution in [0.25, 0.3) is 6.08 Å². The zero-order valence-electron chi connectivity index (χ0n) is 19.6. The van der Waals surface area contributed by atoms with Crippen molar-refractivity contribution in [3.63, 3.8) is 0 Å². The molecule has 1 fully saturated rings. The summed E-state index contributed by atoms with van der Waals surface area (Å²) < 4.78 is 11.6. The van der Waals surface area contributed by atoms with Gasteiger partial charge in [0.25, 0.3) is 11.8 Å². The van der Waals surface area contributed by atoms with E-state index in [0.717, 1.165) is 16.0 Å². The fourth-order valence-corrected chi connectivity index (χ4v) is 3.68. The predicted octanol–water partition coefficient (Wildman–Crippen LogP) is 4.20. The number of urea groups is 1. The largest absolute Gasteiger partial charge is 0.490 e. The van der Waals surface area contributed by atoms with Crippen molar-refractivity contribution >= 4 is 23.9 Å². The maximum atomic E-state index is 13.0. The third-order valence-corrected chi connectivity index (χ3v) is 5.47. The van der Waals surface area contributed by atoms with Crippen LogP contribution in [0.3, 0.4) is 0 Å². The Morgan fingerprint density at radius 2 is 1.69 bits per heavy atom. The van der Waals surface area contributed by atoms with Gasteiger partial charge >= 0.3 is 6.03 Å². The SMILES string of the molecule is CCOc1cc(C=C2C(=O)NC(=O)N(Cc3ccccc3)C2=O)ccc1OCc1ccccc1C#N. The molecule has 1 aliphatic heterocycles. The Labute approximate surface area is 208 Å². The van der Waals surface area contributed by atoms with Gasteiger partial charge < -0.3 is 9.47 Å². The van der Waals surface area contributed by atoms with Crippen LogP contribution in [0, 0.1) is 11.3 Å². The van der Waals surface area contributed by atoms with Gasteiger partial charge in [0, 0.05) is 5.56 Å². The van der Waals surface area contributed by atoms with Crippen molar-refractivity contribution in [2.45, 2.75) is 20.1 Å². The van der Waals surface area contributed by atoms with Crippen LogP contribution in [0.4, 0.5) is 4.79 Å². The molecule has 0 atom stereocenters. The highest BCUT2D eigenvalue weighted by molar-refractivity contribution is 6.30. The number of hydrogen-bond donors (Lipinski definition) is 1. The van der Waals surface area contributed by atoms with E-state index in [9.17, 15) is 19.6 Å². The lowest BCUT2D eigenvalue weighted by Gasteiger charge is -2.26. The zero-order valence-corrected chi connectivity index (χ0v) is 19.6. The quantitative estimate of drug-likeness (QED) is 0.382. The molecule has 1 heterocycles. The van der Waals surface area contributed by atoms with Crippen molar-refractivity contribution in [3.05, 3.63) is 101 Å². The Bertz CT molecular complexity index is 1380. The van der Waals surface area contributed by atoms with Crippen molar-refractivity contribution in [3.8, 4) is 17.6 Å². The van der Waals surface area contributed by atoms with Crippen LogP contribution in [0.1, 0.15) is 29.2 Å². The predicted molar refractivity (Wildman–Crippen MR) is 132 cm³/mol. The highest BCUT2D eigenvalue weighted by Gasteiger charge is 2.35. The fourth-order valence-electron chi connectivity index (χ4n) is 3.68. The molecule has 180 valence electrons. The Hall–Kier alpha value is -4.90. The highest BCUT2D eigenvalue weighted by Crippen LogP contribution is 2.31. The monoisotopic (exact) mass is 481 g/mol. The molecule has 4 rings (SSSR count). The third-order valence-electron chi connectivity index (χ3n) is 5.47. The average molecular weight is 482 g/mol. The molecule has 0 aliphatic carbocycles. The Morgan fingerprint density at radius 3 is 2.44 bits per heavy atom. The van der Waals surface area contributed by atoms with Gasteiger partial charge in [-0.3, -0.25) is 19.8 Å². The van der Waals surface area contributed by atoms with Crippen molar-refractivity contribution in [1.82, 2.24) is 10.2 Å². The molecule has 0 unspecified atom stereocenters. The van der Waals surface area contributed by atoms with Gasteiger partial charge in [0.2, 0.25) is 0 Å². The van der Waals surface area contributed by atoms with Crippen LogP contribution in [0.5, 0.6) is 11.5 Å². The summed E-state index contributed by atoms with van der Waals surface area (Å²) in [5.74, 6) is -0.575. The molecule has 1 N–H and O–H groups in total. The van der Waals surface area contributed by atoms with Crippen LogP contribution < -0.4 is 14.8 Å². The molecule has 1 aliphatic rings. The second-order valence-corrected chi connectivity index (χ2v) is 7.89. The van der Waals surface area contributed by atoms with Crippen molar-refractivity contribution in [1.29, 1.82) is 5.26 Å².